The molecule has 0 spiro atoms. The molecule has 5 heteroatoms. The van der Waals surface area contributed by atoms with E-state index in [-0.39, 0.29) is 17.4 Å². The minimum Gasteiger partial charge on any atom is -0.390 e. The number of rotatable bonds is 7. The van der Waals surface area contributed by atoms with Crippen LogP contribution in [-0.2, 0) is 9.84 Å². The molecule has 2 atom stereocenters. The molecule has 0 aliphatic rings. The van der Waals surface area contributed by atoms with Crippen LogP contribution in [0.5, 0.6) is 0 Å². The molecule has 0 radical (unpaired) electrons. The first kappa shape index (κ1) is 14.9. The van der Waals surface area contributed by atoms with Crippen LogP contribution in [0.4, 0.5) is 0 Å². The second kappa shape index (κ2) is 6.45. The highest BCUT2D eigenvalue weighted by molar-refractivity contribution is 7.91. The van der Waals surface area contributed by atoms with Crippen LogP contribution in [-0.4, -0.2) is 42.3 Å². The first-order valence-corrected chi connectivity index (χ1v) is 7.19. The van der Waals surface area contributed by atoms with Crippen molar-refractivity contribution in [1.82, 2.24) is 0 Å². The first-order valence-electron chi connectivity index (χ1n) is 5.36. The molecule has 92 valence electrons. The van der Waals surface area contributed by atoms with E-state index in [2.05, 4.69) is 0 Å². The van der Waals surface area contributed by atoms with Gasteiger partial charge in [-0.25, -0.2) is 8.42 Å². The highest BCUT2D eigenvalue weighted by atomic mass is 32.2. The molecule has 0 rings (SSSR count). The molecular formula is C10H22O4S. The van der Waals surface area contributed by atoms with Gasteiger partial charge in [0.05, 0.1) is 18.0 Å². The van der Waals surface area contributed by atoms with Crippen molar-refractivity contribution in [2.24, 2.45) is 5.92 Å². The van der Waals surface area contributed by atoms with Gasteiger partial charge in [0.15, 0.2) is 0 Å². The Morgan fingerprint density at radius 1 is 1.20 bits per heavy atom. The standard InChI is InChI=1S/C10H22O4S/c1-4-15(13,14)7-5-6-9(11)10(12)8(2)3/h8-12H,4-7H2,1-3H3. The number of sulfone groups is 1. The monoisotopic (exact) mass is 238 g/mol. The summed E-state index contributed by atoms with van der Waals surface area (Å²) in [6.07, 6.45) is -0.855. The summed E-state index contributed by atoms with van der Waals surface area (Å²) in [5.41, 5.74) is 0. The predicted molar refractivity (Wildman–Crippen MR) is 60.4 cm³/mol. The third-order valence-corrected chi connectivity index (χ3v) is 4.26. The van der Waals surface area contributed by atoms with Gasteiger partial charge in [-0.1, -0.05) is 20.8 Å². The van der Waals surface area contributed by atoms with Gasteiger partial charge in [-0.3, -0.25) is 0 Å². The fourth-order valence-electron chi connectivity index (χ4n) is 1.27. The largest absolute Gasteiger partial charge is 0.390 e. The van der Waals surface area contributed by atoms with Gasteiger partial charge in [0, 0.05) is 5.75 Å². The second-order valence-electron chi connectivity index (χ2n) is 4.18. The van der Waals surface area contributed by atoms with Gasteiger partial charge in [-0.2, -0.15) is 0 Å². The van der Waals surface area contributed by atoms with E-state index >= 15 is 0 Å². The molecule has 0 aromatic heterocycles. The topological polar surface area (TPSA) is 74.6 Å². The summed E-state index contributed by atoms with van der Waals surface area (Å²) in [7, 11) is -2.95. The van der Waals surface area contributed by atoms with Gasteiger partial charge >= 0.3 is 0 Å². The molecule has 0 aromatic carbocycles. The van der Waals surface area contributed by atoms with Gasteiger partial charge in [-0.15, -0.1) is 0 Å². The first-order chi connectivity index (χ1) is 6.80. The SMILES string of the molecule is CCS(=O)(=O)CCCC(O)C(O)C(C)C. The minimum atomic E-state index is -2.95. The van der Waals surface area contributed by atoms with E-state index in [0.717, 1.165) is 0 Å². The van der Waals surface area contributed by atoms with Crippen molar-refractivity contribution in [3.63, 3.8) is 0 Å². The Morgan fingerprint density at radius 2 is 1.73 bits per heavy atom. The molecular weight excluding hydrogens is 216 g/mol. The van der Waals surface area contributed by atoms with Crippen molar-refractivity contribution in [3.05, 3.63) is 0 Å². The maximum atomic E-state index is 11.1. The quantitative estimate of drug-likeness (QED) is 0.680. The van der Waals surface area contributed by atoms with Crippen molar-refractivity contribution >= 4 is 9.84 Å². The zero-order valence-electron chi connectivity index (χ0n) is 9.68. The molecule has 15 heavy (non-hydrogen) atoms. The third-order valence-electron chi connectivity index (χ3n) is 2.47. The molecule has 0 aliphatic heterocycles. The van der Waals surface area contributed by atoms with E-state index in [4.69, 9.17) is 0 Å². The summed E-state index contributed by atoms with van der Waals surface area (Å²) in [6, 6.07) is 0. The fourth-order valence-corrected chi connectivity index (χ4v) is 2.17. The van der Waals surface area contributed by atoms with E-state index in [1.807, 2.05) is 13.8 Å². The third kappa shape index (κ3) is 6.12. The van der Waals surface area contributed by atoms with Crippen LogP contribution in [0, 0.1) is 5.92 Å². The summed E-state index contributed by atoms with van der Waals surface area (Å²) in [4.78, 5) is 0. The molecule has 0 saturated carbocycles. The smallest absolute Gasteiger partial charge is 0.150 e. The molecule has 0 aliphatic carbocycles. The van der Waals surface area contributed by atoms with Crippen LogP contribution < -0.4 is 0 Å². The average molecular weight is 238 g/mol. The Bertz CT molecular complexity index is 259. The van der Waals surface area contributed by atoms with Crippen molar-refractivity contribution < 1.29 is 18.6 Å². The molecule has 0 amide bonds. The Balaban J connectivity index is 3.87. The lowest BCUT2D eigenvalue weighted by atomic mass is 9.99. The average Bonchev–Trinajstić information content (AvgIpc) is 2.16. The summed E-state index contributed by atoms with van der Waals surface area (Å²) >= 11 is 0. The Hall–Kier alpha value is -0.130. The molecule has 0 bridgehead atoms. The predicted octanol–water partition coefficient (Wildman–Crippen LogP) is 0.579. The maximum absolute atomic E-state index is 11.1. The second-order valence-corrected chi connectivity index (χ2v) is 6.65. The normalized spacial score (nSPS) is 16.7. The van der Waals surface area contributed by atoms with E-state index in [9.17, 15) is 18.6 Å². The van der Waals surface area contributed by atoms with E-state index in [0.29, 0.717) is 12.8 Å². The molecule has 0 heterocycles. The molecule has 0 saturated heterocycles. The summed E-state index contributed by atoms with van der Waals surface area (Å²) in [5, 5.41) is 19.0. The lowest BCUT2D eigenvalue weighted by Crippen LogP contribution is -2.31. The van der Waals surface area contributed by atoms with Crippen molar-refractivity contribution in [3.8, 4) is 0 Å². The Kier molecular flexibility index (Phi) is 6.40. The zero-order chi connectivity index (χ0) is 12.1. The Labute approximate surface area is 92.2 Å². The van der Waals surface area contributed by atoms with Crippen LogP contribution >= 0.6 is 0 Å². The number of aliphatic hydroxyl groups is 2. The van der Waals surface area contributed by atoms with Crippen molar-refractivity contribution in [1.29, 1.82) is 0 Å². The maximum Gasteiger partial charge on any atom is 0.150 e. The van der Waals surface area contributed by atoms with Crippen LogP contribution in [0.15, 0.2) is 0 Å². The molecule has 2 N–H and O–H groups in total. The van der Waals surface area contributed by atoms with Gasteiger partial charge in [0.25, 0.3) is 0 Å². The van der Waals surface area contributed by atoms with Crippen LogP contribution in [0.2, 0.25) is 0 Å². The molecule has 4 nitrogen and oxygen atoms in total. The van der Waals surface area contributed by atoms with Crippen molar-refractivity contribution in [2.75, 3.05) is 11.5 Å². The van der Waals surface area contributed by atoms with Crippen LogP contribution in [0.3, 0.4) is 0 Å². The summed E-state index contributed by atoms with van der Waals surface area (Å²) in [5.74, 6) is 0.212. The number of hydrogen-bond donors (Lipinski definition) is 2. The lowest BCUT2D eigenvalue weighted by molar-refractivity contribution is -0.0122. The molecule has 2 unspecified atom stereocenters. The van der Waals surface area contributed by atoms with Gasteiger partial charge in [0.1, 0.15) is 9.84 Å². The van der Waals surface area contributed by atoms with E-state index in [1.54, 1.807) is 6.92 Å². The minimum absolute atomic E-state index is 0.0113. The zero-order valence-corrected chi connectivity index (χ0v) is 10.5. The van der Waals surface area contributed by atoms with Gasteiger partial charge in [0.2, 0.25) is 0 Å². The number of hydrogen-bond acceptors (Lipinski definition) is 4. The highest BCUT2D eigenvalue weighted by Crippen LogP contribution is 2.11. The van der Waals surface area contributed by atoms with E-state index < -0.39 is 22.0 Å². The van der Waals surface area contributed by atoms with Crippen molar-refractivity contribution in [2.45, 2.75) is 45.8 Å². The highest BCUT2D eigenvalue weighted by Gasteiger charge is 2.20. The molecule has 0 aromatic rings. The fraction of sp³-hybridized carbons (Fsp3) is 1.00. The number of aliphatic hydroxyl groups excluding tert-OH is 2. The Morgan fingerprint density at radius 3 is 2.13 bits per heavy atom. The van der Waals surface area contributed by atoms with Crippen LogP contribution in [0.1, 0.15) is 33.6 Å². The lowest BCUT2D eigenvalue weighted by Gasteiger charge is -2.20. The van der Waals surface area contributed by atoms with Gasteiger partial charge in [-0.05, 0) is 18.8 Å². The van der Waals surface area contributed by atoms with Gasteiger partial charge < -0.3 is 10.2 Å². The van der Waals surface area contributed by atoms with E-state index in [1.165, 1.54) is 0 Å². The summed E-state index contributed by atoms with van der Waals surface area (Å²) < 4.78 is 22.3. The molecule has 0 fully saturated rings. The van der Waals surface area contributed by atoms with Crippen LogP contribution in [0.25, 0.3) is 0 Å². The summed E-state index contributed by atoms with van der Waals surface area (Å²) in [6.45, 7) is 5.24.